The zero-order valence-electron chi connectivity index (χ0n) is 13.5. The highest BCUT2D eigenvalue weighted by molar-refractivity contribution is 5.99. The molecule has 4 nitrogen and oxygen atoms in total. The fraction of sp³-hybridized carbons (Fsp3) is 0.529. The van der Waals surface area contributed by atoms with Gasteiger partial charge in [-0.2, -0.15) is 0 Å². The van der Waals surface area contributed by atoms with E-state index < -0.39 is 0 Å². The summed E-state index contributed by atoms with van der Waals surface area (Å²) in [6, 6.07) is 6.07. The summed E-state index contributed by atoms with van der Waals surface area (Å²) in [7, 11) is 0. The summed E-state index contributed by atoms with van der Waals surface area (Å²) in [6.07, 6.45) is 0.497. The van der Waals surface area contributed by atoms with Crippen LogP contribution in [0.2, 0.25) is 0 Å². The first-order valence-electron chi connectivity index (χ1n) is 7.54. The van der Waals surface area contributed by atoms with Gasteiger partial charge in [-0.15, -0.1) is 0 Å². The first kappa shape index (κ1) is 17.4. The number of benzene rings is 1. The molecule has 0 heterocycles. The quantitative estimate of drug-likeness (QED) is 0.723. The number of ketones is 1. The van der Waals surface area contributed by atoms with Crippen molar-refractivity contribution in [2.45, 2.75) is 46.6 Å². The van der Waals surface area contributed by atoms with Crippen LogP contribution in [-0.2, 0) is 4.79 Å². The lowest BCUT2D eigenvalue weighted by Gasteiger charge is -2.13. The molecule has 0 saturated heterocycles. The molecule has 1 aromatic carbocycles. The van der Waals surface area contributed by atoms with Gasteiger partial charge in [-0.05, 0) is 38.9 Å². The van der Waals surface area contributed by atoms with Crippen LogP contribution in [0, 0.1) is 13.8 Å². The van der Waals surface area contributed by atoms with Gasteiger partial charge >= 0.3 is 0 Å². The normalized spacial score (nSPS) is 12.0. The highest BCUT2D eigenvalue weighted by Crippen LogP contribution is 2.13. The number of hydrogen-bond donors (Lipinski definition) is 2. The molecule has 1 amide bonds. The van der Waals surface area contributed by atoms with Gasteiger partial charge in [0.15, 0.2) is 5.78 Å². The van der Waals surface area contributed by atoms with E-state index in [1.807, 2.05) is 45.9 Å². The average Bonchev–Trinajstić information content (AvgIpc) is 2.45. The largest absolute Gasteiger partial charge is 0.355 e. The van der Waals surface area contributed by atoms with Gasteiger partial charge < -0.3 is 10.6 Å². The lowest BCUT2D eigenvalue weighted by Crippen LogP contribution is -2.38. The minimum absolute atomic E-state index is 0.0334. The minimum Gasteiger partial charge on any atom is -0.355 e. The van der Waals surface area contributed by atoms with Crippen LogP contribution in [0.25, 0.3) is 0 Å². The zero-order valence-corrected chi connectivity index (χ0v) is 13.5. The first-order chi connectivity index (χ1) is 9.93. The smallest absolute Gasteiger partial charge is 0.220 e. The first-order valence-corrected chi connectivity index (χ1v) is 7.54. The van der Waals surface area contributed by atoms with Crippen molar-refractivity contribution < 1.29 is 9.59 Å². The molecule has 21 heavy (non-hydrogen) atoms. The van der Waals surface area contributed by atoms with Crippen molar-refractivity contribution in [2.24, 2.45) is 0 Å². The average molecular weight is 290 g/mol. The monoisotopic (exact) mass is 290 g/mol. The molecule has 0 unspecified atom stereocenters. The van der Waals surface area contributed by atoms with E-state index in [1.54, 1.807) is 0 Å². The maximum atomic E-state index is 12.2. The number of rotatable bonds is 8. The Morgan fingerprint density at radius 3 is 2.57 bits per heavy atom. The molecule has 0 fully saturated rings. The third kappa shape index (κ3) is 6.08. The van der Waals surface area contributed by atoms with Gasteiger partial charge in [0.1, 0.15) is 0 Å². The molecule has 0 aliphatic carbocycles. The van der Waals surface area contributed by atoms with Crippen LogP contribution in [0.3, 0.4) is 0 Å². The van der Waals surface area contributed by atoms with Crippen molar-refractivity contribution in [1.82, 2.24) is 10.6 Å². The molecule has 0 aliphatic rings. The van der Waals surface area contributed by atoms with Gasteiger partial charge in [0, 0.05) is 31.0 Å². The summed E-state index contributed by atoms with van der Waals surface area (Å²) in [5.74, 6) is -0.0375. The zero-order chi connectivity index (χ0) is 15.8. The molecular weight excluding hydrogens is 264 g/mol. The van der Waals surface area contributed by atoms with Crippen molar-refractivity contribution in [1.29, 1.82) is 0 Å². The predicted molar refractivity (Wildman–Crippen MR) is 85.6 cm³/mol. The minimum atomic E-state index is -0.0709. The molecule has 0 aromatic heterocycles. The Morgan fingerprint density at radius 2 is 1.90 bits per heavy atom. The predicted octanol–water partition coefficient (Wildman–Crippen LogP) is 2.38. The third-order valence-corrected chi connectivity index (χ3v) is 3.43. The Bertz CT molecular complexity index is 498. The number of likely N-dealkylation sites (N-methyl/N-ethyl adjacent to an activating group) is 1. The van der Waals surface area contributed by atoms with E-state index in [1.165, 1.54) is 0 Å². The molecule has 1 rings (SSSR count). The van der Waals surface area contributed by atoms with Gasteiger partial charge in [0.05, 0.1) is 0 Å². The van der Waals surface area contributed by atoms with E-state index in [0.29, 0.717) is 6.54 Å². The topological polar surface area (TPSA) is 58.2 Å². The van der Waals surface area contributed by atoms with E-state index in [0.717, 1.165) is 23.2 Å². The van der Waals surface area contributed by atoms with Crippen LogP contribution in [0.15, 0.2) is 18.2 Å². The summed E-state index contributed by atoms with van der Waals surface area (Å²) in [5.41, 5.74) is 2.75. The molecule has 116 valence electrons. The van der Waals surface area contributed by atoms with Crippen LogP contribution in [-0.4, -0.2) is 30.8 Å². The van der Waals surface area contributed by atoms with Crippen LogP contribution < -0.4 is 10.6 Å². The van der Waals surface area contributed by atoms with Gasteiger partial charge in [-0.3, -0.25) is 9.59 Å². The van der Waals surface area contributed by atoms with Crippen LogP contribution >= 0.6 is 0 Å². The molecule has 0 bridgehead atoms. The summed E-state index contributed by atoms with van der Waals surface area (Å²) >= 11 is 0. The third-order valence-electron chi connectivity index (χ3n) is 3.43. The molecule has 0 saturated carbocycles. The second-order valence-corrected chi connectivity index (χ2v) is 5.50. The SMILES string of the molecule is CCN[C@H](C)CNC(=O)CCC(=O)c1cc(C)ccc1C. The molecule has 0 spiro atoms. The molecule has 4 heteroatoms. The standard InChI is InChI=1S/C17H26N2O2/c1-5-18-14(4)11-19-17(21)9-8-16(20)15-10-12(2)6-7-13(15)3/h6-7,10,14,18H,5,8-9,11H2,1-4H3,(H,19,21)/t14-/m1/s1. The van der Waals surface area contributed by atoms with Crippen molar-refractivity contribution in [3.8, 4) is 0 Å². The van der Waals surface area contributed by atoms with Crippen molar-refractivity contribution in [3.05, 3.63) is 34.9 Å². The molecule has 0 aliphatic heterocycles. The second-order valence-electron chi connectivity index (χ2n) is 5.50. The number of Topliss-reactive ketones (excluding diaryl/α,β-unsaturated/α-hetero) is 1. The fourth-order valence-electron chi connectivity index (χ4n) is 2.17. The Hall–Kier alpha value is -1.68. The molecular formula is C17H26N2O2. The molecule has 0 radical (unpaired) electrons. The number of aryl methyl sites for hydroxylation is 2. The van der Waals surface area contributed by atoms with Crippen molar-refractivity contribution in [3.63, 3.8) is 0 Å². The van der Waals surface area contributed by atoms with Gasteiger partial charge in [-0.1, -0.05) is 24.6 Å². The number of carbonyl (C=O) groups excluding carboxylic acids is 2. The second kappa shape index (κ2) is 8.57. The van der Waals surface area contributed by atoms with E-state index in [2.05, 4.69) is 10.6 Å². The fourth-order valence-corrected chi connectivity index (χ4v) is 2.17. The maximum absolute atomic E-state index is 12.2. The summed E-state index contributed by atoms with van der Waals surface area (Å²) in [6.45, 7) is 9.40. The lowest BCUT2D eigenvalue weighted by molar-refractivity contribution is -0.121. The van der Waals surface area contributed by atoms with E-state index in [4.69, 9.17) is 0 Å². The number of hydrogen-bond acceptors (Lipinski definition) is 3. The van der Waals surface area contributed by atoms with E-state index in [9.17, 15) is 9.59 Å². The van der Waals surface area contributed by atoms with Crippen molar-refractivity contribution in [2.75, 3.05) is 13.1 Å². The van der Waals surface area contributed by atoms with E-state index >= 15 is 0 Å². The Kier molecular flexibility index (Phi) is 7.09. The maximum Gasteiger partial charge on any atom is 0.220 e. The number of nitrogens with one attached hydrogen (secondary N) is 2. The van der Waals surface area contributed by atoms with Crippen LogP contribution in [0.5, 0.6) is 0 Å². The van der Waals surface area contributed by atoms with E-state index in [-0.39, 0.29) is 30.6 Å². The Balaban J connectivity index is 2.42. The number of carbonyl (C=O) groups is 2. The van der Waals surface area contributed by atoms with Gasteiger partial charge in [0.2, 0.25) is 5.91 Å². The van der Waals surface area contributed by atoms with Crippen LogP contribution in [0.1, 0.15) is 48.2 Å². The molecule has 2 N–H and O–H groups in total. The Labute approximate surface area is 127 Å². The highest BCUT2D eigenvalue weighted by atomic mass is 16.2. The summed E-state index contributed by atoms with van der Waals surface area (Å²) < 4.78 is 0. The summed E-state index contributed by atoms with van der Waals surface area (Å²) in [5, 5.41) is 6.07. The Morgan fingerprint density at radius 1 is 1.19 bits per heavy atom. The molecule has 1 aromatic rings. The van der Waals surface area contributed by atoms with Crippen LogP contribution in [0.4, 0.5) is 0 Å². The number of amides is 1. The summed E-state index contributed by atoms with van der Waals surface area (Å²) in [4.78, 5) is 23.9. The lowest BCUT2D eigenvalue weighted by atomic mass is 9.99. The molecule has 1 atom stereocenters. The highest BCUT2D eigenvalue weighted by Gasteiger charge is 2.12. The van der Waals surface area contributed by atoms with Crippen molar-refractivity contribution >= 4 is 11.7 Å². The van der Waals surface area contributed by atoms with Gasteiger partial charge in [0.25, 0.3) is 0 Å². The van der Waals surface area contributed by atoms with Gasteiger partial charge in [-0.25, -0.2) is 0 Å².